The van der Waals surface area contributed by atoms with Crippen LogP contribution in [0.3, 0.4) is 0 Å². The van der Waals surface area contributed by atoms with Crippen molar-refractivity contribution in [1.29, 1.82) is 0 Å². The van der Waals surface area contributed by atoms with E-state index in [1.165, 1.54) is 4.31 Å². The van der Waals surface area contributed by atoms with Crippen molar-refractivity contribution >= 4 is 27.8 Å². The Hall–Kier alpha value is -2.40. The maximum Gasteiger partial charge on any atom is 0.319 e. The number of urea groups is 1. The minimum absolute atomic E-state index is 0.0839. The summed E-state index contributed by atoms with van der Waals surface area (Å²) in [5, 5.41) is 2.80. The molecule has 0 aromatic carbocycles. The first-order valence-corrected chi connectivity index (χ1v) is 13.5. The van der Waals surface area contributed by atoms with E-state index in [4.69, 9.17) is 0 Å². The van der Waals surface area contributed by atoms with Gasteiger partial charge in [-0.2, -0.15) is 4.31 Å². The van der Waals surface area contributed by atoms with Crippen LogP contribution >= 0.6 is 0 Å². The number of nitrogens with one attached hydrogen (secondary N) is 1. The number of aromatic nitrogens is 1. The minimum atomic E-state index is -3.43. The smallest absolute Gasteiger partial charge is 0.319 e. The van der Waals surface area contributed by atoms with E-state index in [2.05, 4.69) is 15.2 Å². The summed E-state index contributed by atoms with van der Waals surface area (Å²) in [5.74, 6) is 0.472. The monoisotopic (exact) mass is 478 g/mol. The highest BCUT2D eigenvalue weighted by molar-refractivity contribution is 7.89. The number of anilines is 1. The number of nitrogens with zero attached hydrogens (tertiary/aromatic N) is 5. The van der Waals surface area contributed by atoms with Crippen LogP contribution < -0.4 is 10.2 Å². The number of likely N-dealkylation sites (tertiary alicyclic amines) is 2. The molecule has 0 atom stereocenters. The third kappa shape index (κ3) is 5.94. The van der Waals surface area contributed by atoms with Gasteiger partial charge < -0.3 is 20.0 Å². The minimum Gasteiger partial charge on any atom is -0.355 e. The number of carbonyl (C=O) groups excluding carboxylic acids is 2. The number of carbonyl (C=O) groups is 2. The second kappa shape index (κ2) is 10.7. The fourth-order valence-electron chi connectivity index (χ4n) is 4.75. The first-order chi connectivity index (χ1) is 15.9. The third-order valence-corrected chi connectivity index (χ3v) is 8.65. The van der Waals surface area contributed by atoms with Crippen molar-refractivity contribution in [3.8, 4) is 0 Å². The molecule has 4 heterocycles. The molecular formula is C22H34N6O4S. The predicted molar refractivity (Wildman–Crippen MR) is 125 cm³/mol. The maximum atomic E-state index is 12.7. The number of hydrogen-bond donors (Lipinski definition) is 1. The molecule has 1 aromatic heterocycles. The van der Waals surface area contributed by atoms with E-state index < -0.39 is 10.0 Å². The van der Waals surface area contributed by atoms with Crippen LogP contribution in [-0.2, 0) is 14.8 Å². The maximum absolute atomic E-state index is 12.7. The van der Waals surface area contributed by atoms with Crippen LogP contribution in [0.2, 0.25) is 0 Å². The van der Waals surface area contributed by atoms with Gasteiger partial charge in [-0.05, 0) is 37.8 Å². The molecule has 33 heavy (non-hydrogen) atoms. The van der Waals surface area contributed by atoms with E-state index in [9.17, 15) is 18.0 Å². The molecule has 182 valence electrons. The zero-order valence-electron chi connectivity index (χ0n) is 19.1. The molecule has 4 rings (SSSR count). The number of rotatable bonds is 6. The van der Waals surface area contributed by atoms with E-state index >= 15 is 0 Å². The van der Waals surface area contributed by atoms with Crippen molar-refractivity contribution in [1.82, 2.24) is 24.4 Å². The zero-order valence-corrected chi connectivity index (χ0v) is 19.9. The molecule has 3 saturated heterocycles. The molecule has 0 unspecified atom stereocenters. The van der Waals surface area contributed by atoms with Crippen molar-refractivity contribution in [2.45, 2.75) is 25.7 Å². The summed E-state index contributed by atoms with van der Waals surface area (Å²) in [6.45, 7) is 4.92. The average molecular weight is 479 g/mol. The van der Waals surface area contributed by atoms with E-state index in [-0.39, 0.29) is 30.2 Å². The highest BCUT2D eigenvalue weighted by Gasteiger charge is 2.31. The molecule has 0 spiro atoms. The van der Waals surface area contributed by atoms with Crippen LogP contribution in [0, 0.1) is 5.92 Å². The number of amides is 3. The molecule has 11 heteroatoms. The zero-order chi connectivity index (χ0) is 23.3. The number of hydrogen-bond acceptors (Lipinski definition) is 6. The number of piperidine rings is 1. The number of sulfonamides is 1. The highest BCUT2D eigenvalue weighted by atomic mass is 32.2. The molecule has 3 amide bonds. The Balaban J connectivity index is 1.16. The lowest BCUT2D eigenvalue weighted by molar-refractivity contribution is -0.126. The quantitative estimate of drug-likeness (QED) is 0.641. The second-order valence-electron chi connectivity index (χ2n) is 8.92. The Bertz CT molecular complexity index is 906. The van der Waals surface area contributed by atoms with Gasteiger partial charge >= 0.3 is 6.03 Å². The van der Waals surface area contributed by atoms with Gasteiger partial charge in [0.2, 0.25) is 15.9 Å². The van der Waals surface area contributed by atoms with Crippen molar-refractivity contribution in [3.05, 3.63) is 24.4 Å². The van der Waals surface area contributed by atoms with Crippen molar-refractivity contribution < 1.29 is 18.0 Å². The summed E-state index contributed by atoms with van der Waals surface area (Å²) < 4.78 is 26.9. The molecule has 3 fully saturated rings. The Kier molecular flexibility index (Phi) is 7.69. The van der Waals surface area contributed by atoms with Crippen LogP contribution in [0.1, 0.15) is 25.7 Å². The SMILES string of the molecule is O=C(NCCS(=O)(=O)N1CCN(c2ccccn2)CC1)C1CCN(C(=O)N2CCCC2)CC1. The summed E-state index contributed by atoms with van der Waals surface area (Å²) in [5.41, 5.74) is 0. The lowest BCUT2D eigenvalue weighted by Gasteiger charge is -2.35. The molecule has 3 aliphatic rings. The van der Waals surface area contributed by atoms with Gasteiger partial charge in [0.25, 0.3) is 0 Å². The molecule has 3 aliphatic heterocycles. The fraction of sp³-hybridized carbons (Fsp3) is 0.682. The Labute approximate surface area is 196 Å². The lowest BCUT2D eigenvalue weighted by Crippen LogP contribution is -2.50. The molecule has 10 nitrogen and oxygen atoms in total. The van der Waals surface area contributed by atoms with Gasteiger partial charge in [-0.25, -0.2) is 18.2 Å². The fourth-order valence-corrected chi connectivity index (χ4v) is 6.09. The van der Waals surface area contributed by atoms with Crippen LogP contribution in [0.15, 0.2) is 24.4 Å². The van der Waals surface area contributed by atoms with Crippen LogP contribution in [0.25, 0.3) is 0 Å². The largest absolute Gasteiger partial charge is 0.355 e. The summed E-state index contributed by atoms with van der Waals surface area (Å²) in [6.07, 6.45) is 5.10. The molecule has 0 aliphatic carbocycles. The molecule has 1 N–H and O–H groups in total. The summed E-state index contributed by atoms with van der Waals surface area (Å²) in [6, 6.07) is 5.78. The van der Waals surface area contributed by atoms with Crippen LogP contribution in [0.4, 0.5) is 10.6 Å². The van der Waals surface area contributed by atoms with Gasteiger partial charge in [-0.1, -0.05) is 6.07 Å². The highest BCUT2D eigenvalue weighted by Crippen LogP contribution is 2.20. The van der Waals surface area contributed by atoms with Crippen LogP contribution in [-0.4, -0.2) is 104 Å². The Morgan fingerprint density at radius 1 is 0.939 bits per heavy atom. The third-order valence-electron chi connectivity index (χ3n) is 6.78. The first kappa shape index (κ1) is 23.7. The first-order valence-electron chi connectivity index (χ1n) is 11.9. The summed E-state index contributed by atoms with van der Waals surface area (Å²) >= 11 is 0. The van der Waals surface area contributed by atoms with Gasteiger partial charge in [-0.15, -0.1) is 0 Å². The van der Waals surface area contributed by atoms with Crippen molar-refractivity contribution in [2.24, 2.45) is 5.92 Å². The molecule has 0 radical (unpaired) electrons. The molecule has 0 bridgehead atoms. The topological polar surface area (TPSA) is 106 Å². The number of pyridine rings is 1. The summed E-state index contributed by atoms with van der Waals surface area (Å²) in [7, 11) is -3.43. The van der Waals surface area contributed by atoms with E-state index in [0.29, 0.717) is 52.1 Å². The number of piperazine rings is 1. The van der Waals surface area contributed by atoms with Crippen LogP contribution in [0.5, 0.6) is 0 Å². The normalized spacial score (nSPS) is 20.8. The van der Waals surface area contributed by atoms with Gasteiger partial charge in [0.15, 0.2) is 0 Å². The molecule has 0 saturated carbocycles. The van der Waals surface area contributed by atoms with E-state index in [1.807, 2.05) is 28.0 Å². The van der Waals surface area contributed by atoms with Gasteiger partial charge in [0.05, 0.1) is 5.75 Å². The van der Waals surface area contributed by atoms with Gasteiger partial charge in [-0.3, -0.25) is 4.79 Å². The Morgan fingerprint density at radius 3 is 2.24 bits per heavy atom. The second-order valence-corrected chi connectivity index (χ2v) is 11.0. The Morgan fingerprint density at radius 2 is 1.61 bits per heavy atom. The summed E-state index contributed by atoms with van der Waals surface area (Å²) in [4.78, 5) is 35.2. The van der Waals surface area contributed by atoms with Crippen molar-refractivity contribution in [3.63, 3.8) is 0 Å². The molecular weight excluding hydrogens is 444 g/mol. The standard InChI is InChI=1S/C22H34N6O4S/c29-21(19-6-12-27(13-7-19)22(30)26-10-3-4-11-26)24-9-18-33(31,32)28-16-14-25(15-17-28)20-5-1-2-8-23-20/h1-2,5,8,19H,3-4,6-7,9-18H2,(H,24,29). The molecule has 1 aromatic rings. The average Bonchev–Trinajstić information content (AvgIpc) is 3.39. The van der Waals surface area contributed by atoms with E-state index in [1.54, 1.807) is 6.20 Å². The van der Waals surface area contributed by atoms with Gasteiger partial charge in [0, 0.05) is 71.0 Å². The van der Waals surface area contributed by atoms with E-state index in [0.717, 1.165) is 31.7 Å². The van der Waals surface area contributed by atoms with Crippen molar-refractivity contribution in [2.75, 3.05) is 69.6 Å². The van der Waals surface area contributed by atoms with Gasteiger partial charge in [0.1, 0.15) is 5.82 Å². The lowest BCUT2D eigenvalue weighted by atomic mass is 9.96. The predicted octanol–water partition coefficient (Wildman–Crippen LogP) is 0.577.